The van der Waals surface area contributed by atoms with E-state index in [-0.39, 0.29) is 4.87 Å². The third-order valence-electron chi connectivity index (χ3n) is 2.97. The number of nitrogens with zero attached hydrogens (tertiary/aromatic N) is 1. The summed E-state index contributed by atoms with van der Waals surface area (Å²) in [5.74, 6) is 0. The van der Waals surface area contributed by atoms with Crippen molar-refractivity contribution < 1.29 is 0 Å². The van der Waals surface area contributed by atoms with E-state index < -0.39 is 0 Å². The van der Waals surface area contributed by atoms with Crippen LogP contribution in [0, 0.1) is 0 Å². The normalized spacial score (nSPS) is 10.9. The van der Waals surface area contributed by atoms with Gasteiger partial charge in [-0.2, -0.15) is 0 Å². The number of aromatic nitrogens is 2. The lowest BCUT2D eigenvalue weighted by molar-refractivity contribution is 0.684. The summed E-state index contributed by atoms with van der Waals surface area (Å²) >= 11 is 1.19. The van der Waals surface area contributed by atoms with Gasteiger partial charge in [-0.05, 0) is 17.0 Å². The molecule has 19 heavy (non-hydrogen) atoms. The highest BCUT2D eigenvalue weighted by atomic mass is 32.1. The summed E-state index contributed by atoms with van der Waals surface area (Å²) in [7, 11) is 0. The largest absolute Gasteiger partial charge is 0.315 e. The molecule has 2 aromatic heterocycles. The predicted octanol–water partition coefficient (Wildman–Crippen LogP) is 2.27. The second kappa shape index (κ2) is 5.34. The Morgan fingerprint density at radius 1 is 1.26 bits per heavy atom. The van der Waals surface area contributed by atoms with Gasteiger partial charge >= 0.3 is 4.87 Å². The third-order valence-corrected chi connectivity index (χ3v) is 3.69. The summed E-state index contributed by atoms with van der Waals surface area (Å²) in [5, 5.41) is 7.55. The average molecular weight is 271 g/mol. The predicted molar refractivity (Wildman–Crippen MR) is 77.2 cm³/mol. The van der Waals surface area contributed by atoms with Crippen LogP contribution in [-0.2, 0) is 13.1 Å². The van der Waals surface area contributed by atoms with Crippen LogP contribution in [0.4, 0.5) is 0 Å². The molecular formula is C14H13N3OS. The van der Waals surface area contributed by atoms with Crippen molar-refractivity contribution in [2.45, 2.75) is 13.1 Å². The van der Waals surface area contributed by atoms with Gasteiger partial charge in [-0.25, -0.2) is 0 Å². The molecule has 0 aliphatic carbocycles. The van der Waals surface area contributed by atoms with Gasteiger partial charge in [0, 0.05) is 41.9 Å². The highest BCUT2D eigenvalue weighted by molar-refractivity contribution is 7.07. The molecule has 0 spiro atoms. The summed E-state index contributed by atoms with van der Waals surface area (Å²) in [6.45, 7) is 1.43. The molecule has 1 aromatic carbocycles. The topological polar surface area (TPSA) is 57.8 Å². The van der Waals surface area contributed by atoms with Gasteiger partial charge in [-0.1, -0.05) is 29.5 Å². The van der Waals surface area contributed by atoms with Crippen molar-refractivity contribution in [2.75, 3.05) is 0 Å². The highest BCUT2D eigenvalue weighted by Gasteiger charge is 2.01. The average Bonchev–Trinajstić information content (AvgIpc) is 2.85. The molecule has 5 heteroatoms. The summed E-state index contributed by atoms with van der Waals surface area (Å²) in [5.41, 5.74) is 2.16. The van der Waals surface area contributed by atoms with E-state index in [0.717, 1.165) is 17.6 Å². The zero-order valence-corrected chi connectivity index (χ0v) is 11.0. The van der Waals surface area contributed by atoms with Crippen molar-refractivity contribution in [1.82, 2.24) is 15.3 Å². The van der Waals surface area contributed by atoms with Crippen LogP contribution in [0.5, 0.6) is 0 Å². The maximum atomic E-state index is 11.0. The van der Waals surface area contributed by atoms with Crippen LogP contribution in [0.15, 0.2) is 46.8 Å². The molecular weight excluding hydrogens is 258 g/mol. The Bertz CT molecular complexity index is 742. The Morgan fingerprint density at radius 3 is 3.05 bits per heavy atom. The monoisotopic (exact) mass is 271 g/mol. The van der Waals surface area contributed by atoms with E-state index in [1.807, 2.05) is 29.9 Å². The molecule has 3 aromatic rings. The smallest absolute Gasteiger partial charge is 0.304 e. The van der Waals surface area contributed by atoms with E-state index in [4.69, 9.17) is 0 Å². The number of hydrogen-bond acceptors (Lipinski definition) is 4. The maximum Gasteiger partial charge on any atom is 0.304 e. The Hall–Kier alpha value is -1.98. The molecule has 0 amide bonds. The number of fused-ring (bicyclic) bond motifs is 1. The first-order valence-corrected chi connectivity index (χ1v) is 6.90. The van der Waals surface area contributed by atoms with E-state index in [0.29, 0.717) is 6.54 Å². The van der Waals surface area contributed by atoms with Gasteiger partial charge in [0.25, 0.3) is 0 Å². The van der Waals surface area contributed by atoms with Gasteiger partial charge in [0.15, 0.2) is 0 Å². The fourth-order valence-corrected chi connectivity index (χ4v) is 2.66. The molecule has 2 N–H and O–H groups in total. The van der Waals surface area contributed by atoms with Crippen LogP contribution in [0.1, 0.15) is 11.3 Å². The third kappa shape index (κ3) is 2.72. The standard InChI is InChI=1S/C14H13N3OS/c18-14-17-12(9-19-14)8-16-7-11-3-1-2-10-6-15-5-4-13(10)11/h1-6,9,16H,7-8H2,(H,17,18). The van der Waals surface area contributed by atoms with E-state index in [2.05, 4.69) is 27.4 Å². The highest BCUT2D eigenvalue weighted by Crippen LogP contribution is 2.17. The number of thiazole rings is 1. The zero-order chi connectivity index (χ0) is 13.1. The van der Waals surface area contributed by atoms with Crippen LogP contribution in [0.3, 0.4) is 0 Å². The van der Waals surface area contributed by atoms with E-state index in [1.54, 1.807) is 0 Å². The van der Waals surface area contributed by atoms with Gasteiger partial charge in [0.05, 0.1) is 0 Å². The number of benzene rings is 1. The number of aromatic amines is 1. The zero-order valence-electron chi connectivity index (χ0n) is 10.2. The molecule has 0 unspecified atom stereocenters. The molecule has 0 aliphatic heterocycles. The van der Waals surface area contributed by atoms with E-state index >= 15 is 0 Å². The van der Waals surface area contributed by atoms with Crippen LogP contribution in [-0.4, -0.2) is 9.97 Å². The molecule has 96 valence electrons. The molecule has 0 saturated carbocycles. The fraction of sp³-hybridized carbons (Fsp3) is 0.143. The van der Waals surface area contributed by atoms with Crippen molar-refractivity contribution in [2.24, 2.45) is 0 Å². The summed E-state index contributed by atoms with van der Waals surface area (Å²) in [6.07, 6.45) is 3.68. The van der Waals surface area contributed by atoms with Crippen LogP contribution >= 0.6 is 11.3 Å². The first kappa shape index (κ1) is 12.1. The summed E-state index contributed by atoms with van der Waals surface area (Å²) < 4.78 is 0. The minimum atomic E-state index is -0.00645. The maximum absolute atomic E-state index is 11.0. The molecule has 0 aliphatic rings. The van der Waals surface area contributed by atoms with Gasteiger partial charge in [-0.15, -0.1) is 0 Å². The van der Waals surface area contributed by atoms with Crippen molar-refractivity contribution in [3.63, 3.8) is 0 Å². The van der Waals surface area contributed by atoms with Gasteiger partial charge < -0.3 is 10.3 Å². The van der Waals surface area contributed by atoms with Gasteiger partial charge in [0.2, 0.25) is 0 Å². The molecule has 3 rings (SSSR count). The molecule has 4 nitrogen and oxygen atoms in total. The van der Waals surface area contributed by atoms with Crippen LogP contribution in [0.2, 0.25) is 0 Å². The van der Waals surface area contributed by atoms with E-state index in [9.17, 15) is 4.79 Å². The molecule has 0 radical (unpaired) electrons. The Balaban J connectivity index is 1.73. The number of H-pyrrole nitrogens is 1. The first-order valence-electron chi connectivity index (χ1n) is 6.02. The molecule has 2 heterocycles. The number of pyridine rings is 1. The summed E-state index contributed by atoms with van der Waals surface area (Å²) in [6, 6.07) is 8.22. The second-order valence-electron chi connectivity index (χ2n) is 4.29. The molecule has 0 atom stereocenters. The quantitative estimate of drug-likeness (QED) is 0.765. The minimum absolute atomic E-state index is 0.00645. The number of nitrogens with one attached hydrogen (secondary N) is 2. The second-order valence-corrected chi connectivity index (χ2v) is 5.13. The summed E-state index contributed by atoms with van der Waals surface area (Å²) in [4.78, 5) is 17.9. The van der Waals surface area contributed by atoms with Gasteiger partial charge in [0.1, 0.15) is 0 Å². The lowest BCUT2D eigenvalue weighted by Gasteiger charge is -2.07. The van der Waals surface area contributed by atoms with Crippen molar-refractivity contribution in [3.05, 3.63) is 63.0 Å². The number of rotatable bonds is 4. The van der Waals surface area contributed by atoms with Crippen LogP contribution < -0.4 is 10.2 Å². The first-order chi connectivity index (χ1) is 9.33. The Morgan fingerprint density at radius 2 is 2.21 bits per heavy atom. The molecule has 0 fully saturated rings. The van der Waals surface area contributed by atoms with Crippen molar-refractivity contribution >= 4 is 22.1 Å². The SMILES string of the molecule is O=c1[nH]c(CNCc2cccc3cnccc23)cs1. The lowest BCUT2D eigenvalue weighted by Crippen LogP contribution is -2.14. The van der Waals surface area contributed by atoms with Gasteiger partial charge in [-0.3, -0.25) is 9.78 Å². The molecule has 0 bridgehead atoms. The van der Waals surface area contributed by atoms with Crippen molar-refractivity contribution in [1.29, 1.82) is 0 Å². The lowest BCUT2D eigenvalue weighted by atomic mass is 10.1. The molecule has 0 saturated heterocycles. The number of hydrogen-bond donors (Lipinski definition) is 2. The van der Waals surface area contributed by atoms with E-state index in [1.165, 1.54) is 22.3 Å². The fourth-order valence-electron chi connectivity index (χ4n) is 2.08. The van der Waals surface area contributed by atoms with Crippen molar-refractivity contribution in [3.8, 4) is 0 Å². The minimum Gasteiger partial charge on any atom is -0.315 e. The Kier molecular flexibility index (Phi) is 3.39. The Labute approximate surface area is 114 Å². The van der Waals surface area contributed by atoms with Crippen LogP contribution in [0.25, 0.3) is 10.8 Å².